The highest BCUT2D eigenvalue weighted by molar-refractivity contribution is 8.00. The van der Waals surface area contributed by atoms with Crippen LogP contribution in [0.25, 0.3) is 20.7 Å². The first-order valence-electron chi connectivity index (χ1n) is 9.27. The van der Waals surface area contributed by atoms with Crippen molar-refractivity contribution in [3.05, 3.63) is 47.7 Å². The highest BCUT2D eigenvalue weighted by atomic mass is 32.2. The standard InChI is InChI=1S/C20H19N5OS3/c1-3-14(17(26)23-20-25-24-16(4-2)29-20)27-18-13-10-15(12-8-6-5-7-9-12)28-19(13)22-11-21-18/h5-11,14H,3-4H2,1-2H3,(H,23,25,26). The van der Waals surface area contributed by atoms with Crippen molar-refractivity contribution >= 4 is 55.7 Å². The van der Waals surface area contributed by atoms with Gasteiger partial charge >= 0.3 is 0 Å². The monoisotopic (exact) mass is 441 g/mol. The molecular formula is C20H19N5OS3. The molecule has 0 spiro atoms. The van der Waals surface area contributed by atoms with E-state index in [1.165, 1.54) is 23.1 Å². The SMILES string of the molecule is CCc1nnc(NC(=O)C(CC)Sc2ncnc3sc(-c4ccccc4)cc23)s1. The van der Waals surface area contributed by atoms with Crippen molar-refractivity contribution in [2.75, 3.05) is 5.32 Å². The van der Waals surface area contributed by atoms with Gasteiger partial charge in [-0.25, -0.2) is 9.97 Å². The first-order chi connectivity index (χ1) is 14.2. The summed E-state index contributed by atoms with van der Waals surface area (Å²) in [5.74, 6) is -0.0819. The van der Waals surface area contributed by atoms with E-state index in [9.17, 15) is 4.79 Å². The molecular weight excluding hydrogens is 422 g/mol. The summed E-state index contributed by atoms with van der Waals surface area (Å²) in [5, 5.41) is 14.0. The number of hydrogen-bond donors (Lipinski definition) is 1. The molecule has 0 fully saturated rings. The molecule has 3 heterocycles. The molecule has 6 nitrogen and oxygen atoms in total. The van der Waals surface area contributed by atoms with Crippen LogP contribution in [0.3, 0.4) is 0 Å². The number of thioether (sulfide) groups is 1. The van der Waals surface area contributed by atoms with E-state index in [2.05, 4.69) is 43.7 Å². The zero-order valence-electron chi connectivity index (χ0n) is 16.0. The Balaban J connectivity index is 1.56. The Bertz CT molecular complexity index is 1130. The van der Waals surface area contributed by atoms with Crippen LogP contribution in [0.1, 0.15) is 25.3 Å². The van der Waals surface area contributed by atoms with Crippen molar-refractivity contribution < 1.29 is 4.79 Å². The number of thiophene rings is 1. The number of amides is 1. The predicted molar refractivity (Wildman–Crippen MR) is 121 cm³/mol. The third kappa shape index (κ3) is 4.47. The van der Waals surface area contributed by atoms with E-state index in [1.807, 2.05) is 32.0 Å². The van der Waals surface area contributed by atoms with E-state index in [4.69, 9.17) is 0 Å². The van der Waals surface area contributed by atoms with Crippen LogP contribution < -0.4 is 5.32 Å². The van der Waals surface area contributed by atoms with Gasteiger partial charge in [0.2, 0.25) is 11.0 Å². The molecule has 9 heteroatoms. The minimum Gasteiger partial charge on any atom is -0.300 e. The molecule has 0 aliphatic heterocycles. The molecule has 1 N–H and O–H groups in total. The zero-order valence-corrected chi connectivity index (χ0v) is 18.4. The highest BCUT2D eigenvalue weighted by Gasteiger charge is 2.22. The van der Waals surface area contributed by atoms with Crippen LogP contribution >= 0.6 is 34.4 Å². The number of carbonyl (C=O) groups is 1. The second kappa shape index (κ2) is 8.98. The van der Waals surface area contributed by atoms with E-state index >= 15 is 0 Å². The third-order valence-corrected chi connectivity index (χ3v) is 7.72. The van der Waals surface area contributed by atoms with E-state index in [0.717, 1.165) is 37.1 Å². The number of rotatable bonds is 7. The molecule has 1 unspecified atom stereocenters. The lowest BCUT2D eigenvalue weighted by atomic mass is 10.2. The third-order valence-electron chi connectivity index (χ3n) is 4.27. The molecule has 0 radical (unpaired) electrons. The van der Waals surface area contributed by atoms with Crippen molar-refractivity contribution in [2.45, 2.75) is 37.0 Å². The number of hydrogen-bond acceptors (Lipinski definition) is 8. The lowest BCUT2D eigenvalue weighted by Gasteiger charge is -2.13. The number of nitrogens with one attached hydrogen (secondary N) is 1. The van der Waals surface area contributed by atoms with E-state index in [1.54, 1.807) is 17.7 Å². The van der Waals surface area contributed by atoms with Crippen LogP contribution in [0.5, 0.6) is 0 Å². The molecule has 1 amide bonds. The molecule has 0 saturated carbocycles. The maximum atomic E-state index is 12.8. The van der Waals surface area contributed by atoms with Crippen molar-refractivity contribution in [3.8, 4) is 10.4 Å². The van der Waals surface area contributed by atoms with Gasteiger partial charge in [-0.1, -0.05) is 67.3 Å². The average molecular weight is 442 g/mol. The van der Waals surface area contributed by atoms with E-state index in [-0.39, 0.29) is 11.2 Å². The van der Waals surface area contributed by atoms with Crippen molar-refractivity contribution in [3.63, 3.8) is 0 Å². The van der Waals surface area contributed by atoms with Crippen LogP contribution in [0, 0.1) is 0 Å². The zero-order chi connectivity index (χ0) is 20.2. The van der Waals surface area contributed by atoms with Gasteiger partial charge in [-0.2, -0.15) is 0 Å². The van der Waals surface area contributed by atoms with Gasteiger partial charge in [0.1, 0.15) is 21.2 Å². The molecule has 0 bridgehead atoms. The van der Waals surface area contributed by atoms with Gasteiger partial charge < -0.3 is 0 Å². The lowest BCUT2D eigenvalue weighted by molar-refractivity contribution is -0.115. The van der Waals surface area contributed by atoms with Crippen LogP contribution in [-0.2, 0) is 11.2 Å². The van der Waals surface area contributed by atoms with E-state index < -0.39 is 0 Å². The second-order valence-electron chi connectivity index (χ2n) is 6.23. The Hall–Kier alpha value is -2.36. The topological polar surface area (TPSA) is 80.7 Å². The van der Waals surface area contributed by atoms with Crippen LogP contribution in [0.4, 0.5) is 5.13 Å². The summed E-state index contributed by atoms with van der Waals surface area (Å²) in [4.78, 5) is 23.7. The van der Waals surface area contributed by atoms with Crippen LogP contribution in [0.2, 0.25) is 0 Å². The first-order valence-corrected chi connectivity index (χ1v) is 11.8. The summed E-state index contributed by atoms with van der Waals surface area (Å²) in [6.45, 7) is 4.01. The van der Waals surface area contributed by atoms with Crippen molar-refractivity contribution in [1.82, 2.24) is 20.2 Å². The fraction of sp³-hybridized carbons (Fsp3) is 0.250. The number of anilines is 1. The fourth-order valence-electron chi connectivity index (χ4n) is 2.76. The Morgan fingerprint density at radius 3 is 2.69 bits per heavy atom. The molecule has 4 aromatic rings. The number of benzene rings is 1. The summed E-state index contributed by atoms with van der Waals surface area (Å²) in [5.41, 5.74) is 1.15. The minimum atomic E-state index is -0.276. The van der Waals surface area contributed by atoms with Gasteiger partial charge in [-0.3, -0.25) is 10.1 Å². The smallest absolute Gasteiger partial charge is 0.239 e. The maximum absolute atomic E-state index is 12.8. The lowest BCUT2D eigenvalue weighted by Crippen LogP contribution is -2.24. The largest absolute Gasteiger partial charge is 0.300 e. The van der Waals surface area contributed by atoms with Gasteiger partial charge in [-0.15, -0.1) is 21.5 Å². The van der Waals surface area contributed by atoms with Gasteiger partial charge in [0.05, 0.1) is 5.25 Å². The van der Waals surface area contributed by atoms with Gasteiger partial charge in [0.25, 0.3) is 0 Å². The Morgan fingerprint density at radius 1 is 1.14 bits per heavy atom. The molecule has 148 valence electrons. The maximum Gasteiger partial charge on any atom is 0.239 e. The Morgan fingerprint density at radius 2 is 1.97 bits per heavy atom. The summed E-state index contributed by atoms with van der Waals surface area (Å²) in [6.07, 6.45) is 3.05. The molecule has 0 saturated heterocycles. The minimum absolute atomic E-state index is 0.0819. The fourth-order valence-corrected chi connectivity index (χ4v) is 5.51. The van der Waals surface area contributed by atoms with Crippen molar-refractivity contribution in [1.29, 1.82) is 0 Å². The Labute approximate surface area is 180 Å². The molecule has 0 aliphatic carbocycles. The molecule has 1 aromatic carbocycles. The average Bonchev–Trinajstić information content (AvgIpc) is 3.39. The van der Waals surface area contributed by atoms with Crippen LogP contribution in [-0.4, -0.2) is 31.3 Å². The van der Waals surface area contributed by atoms with Gasteiger partial charge in [0.15, 0.2) is 0 Å². The van der Waals surface area contributed by atoms with Gasteiger partial charge in [-0.05, 0) is 24.5 Å². The van der Waals surface area contributed by atoms with Crippen molar-refractivity contribution in [2.24, 2.45) is 0 Å². The molecule has 0 aliphatic rings. The first kappa shape index (κ1) is 19.9. The number of nitrogens with zero attached hydrogens (tertiary/aromatic N) is 4. The Kier molecular flexibility index (Phi) is 6.17. The number of carbonyl (C=O) groups excluding carboxylic acids is 1. The molecule has 3 aromatic heterocycles. The van der Waals surface area contributed by atoms with E-state index in [0.29, 0.717) is 11.6 Å². The summed E-state index contributed by atoms with van der Waals surface area (Å²) >= 11 is 4.51. The molecule has 1 atom stereocenters. The summed E-state index contributed by atoms with van der Waals surface area (Å²) in [7, 11) is 0. The molecule has 4 rings (SSSR count). The number of aromatic nitrogens is 4. The highest BCUT2D eigenvalue weighted by Crippen LogP contribution is 2.37. The van der Waals surface area contributed by atoms with Gasteiger partial charge in [0, 0.05) is 10.3 Å². The molecule has 29 heavy (non-hydrogen) atoms. The normalized spacial score (nSPS) is 12.2. The predicted octanol–water partition coefficient (Wildman–Crippen LogP) is 5.28. The van der Waals surface area contributed by atoms with Crippen LogP contribution in [0.15, 0.2) is 47.8 Å². The second-order valence-corrected chi connectivity index (χ2v) is 9.52. The summed E-state index contributed by atoms with van der Waals surface area (Å²) < 4.78 is 0. The number of fused-ring (bicyclic) bond motifs is 1. The summed E-state index contributed by atoms with van der Waals surface area (Å²) in [6, 6.07) is 12.3. The quantitative estimate of drug-likeness (QED) is 0.310. The number of aryl methyl sites for hydroxylation is 1.